The third-order valence-corrected chi connectivity index (χ3v) is 5.25. The number of fused-ring (bicyclic) bond motifs is 1. The van der Waals surface area contributed by atoms with Gasteiger partial charge in [0.2, 0.25) is 5.91 Å². The Bertz CT molecular complexity index is 1480. The lowest BCUT2D eigenvalue weighted by atomic mass is 9.94. The Morgan fingerprint density at radius 2 is 1.76 bits per heavy atom. The molecule has 1 heterocycles. The van der Waals surface area contributed by atoms with E-state index in [0.717, 1.165) is 23.8 Å². The minimum absolute atomic E-state index is 0.0240. The van der Waals surface area contributed by atoms with Crippen molar-refractivity contribution in [2.75, 3.05) is 0 Å². The molecule has 3 aromatic carbocycles. The van der Waals surface area contributed by atoms with Crippen LogP contribution in [0, 0.1) is 11.3 Å². The maximum Gasteiger partial charge on any atom is 0.416 e. The van der Waals surface area contributed by atoms with Gasteiger partial charge in [-0.3, -0.25) is 9.59 Å². The molecule has 6 nitrogen and oxygen atoms in total. The van der Waals surface area contributed by atoms with Crippen molar-refractivity contribution in [1.29, 1.82) is 5.26 Å². The lowest BCUT2D eigenvalue weighted by molar-refractivity contribution is -0.137. The number of benzene rings is 3. The first-order valence-corrected chi connectivity index (χ1v) is 9.69. The normalized spacial score (nSPS) is 11.3. The molecule has 4 rings (SSSR count). The van der Waals surface area contributed by atoms with Crippen LogP contribution >= 0.6 is 0 Å². The third kappa shape index (κ3) is 4.32. The largest absolute Gasteiger partial charge is 0.416 e. The van der Waals surface area contributed by atoms with Crippen molar-refractivity contribution in [3.63, 3.8) is 0 Å². The number of hydrogen-bond donors (Lipinski definition) is 2. The van der Waals surface area contributed by atoms with Gasteiger partial charge in [-0.2, -0.15) is 23.5 Å². The minimum atomic E-state index is -4.61. The van der Waals surface area contributed by atoms with Gasteiger partial charge in [-0.15, -0.1) is 0 Å². The average Bonchev–Trinajstić information content (AvgIpc) is 2.80. The lowest BCUT2D eigenvalue weighted by Gasteiger charge is -2.13. The van der Waals surface area contributed by atoms with Crippen LogP contribution in [-0.2, 0) is 12.6 Å². The van der Waals surface area contributed by atoms with E-state index in [1.807, 2.05) is 6.07 Å². The van der Waals surface area contributed by atoms with Gasteiger partial charge in [0.15, 0.2) is 0 Å². The number of nitriles is 1. The van der Waals surface area contributed by atoms with Gasteiger partial charge in [-0.1, -0.05) is 24.3 Å². The first-order valence-electron chi connectivity index (χ1n) is 9.69. The number of halogens is 3. The topological polar surface area (TPSA) is 113 Å². The molecule has 1 aromatic heterocycles. The molecule has 9 heteroatoms. The van der Waals surface area contributed by atoms with Crippen molar-refractivity contribution in [3.05, 3.63) is 99.0 Å². The second-order valence-corrected chi connectivity index (χ2v) is 7.37. The number of nitrogens with zero attached hydrogens (tertiary/aromatic N) is 2. The summed E-state index contributed by atoms with van der Waals surface area (Å²) in [6.07, 6.45) is -4.26. The number of nitrogens with one attached hydrogen (secondary N) is 1. The molecule has 0 aliphatic rings. The summed E-state index contributed by atoms with van der Waals surface area (Å²) in [5.74, 6) is -0.885. The van der Waals surface area contributed by atoms with E-state index in [1.54, 1.807) is 30.3 Å². The van der Waals surface area contributed by atoms with Crippen LogP contribution in [0.4, 0.5) is 13.2 Å². The van der Waals surface area contributed by atoms with E-state index in [9.17, 15) is 22.8 Å². The number of carbonyl (C=O) groups excluding carboxylic acids is 1. The maximum atomic E-state index is 13.2. The van der Waals surface area contributed by atoms with E-state index in [-0.39, 0.29) is 22.1 Å². The fourth-order valence-electron chi connectivity index (χ4n) is 3.59. The molecular weight excluding hydrogens is 433 g/mol. The van der Waals surface area contributed by atoms with E-state index < -0.39 is 23.2 Å². The Morgan fingerprint density at radius 1 is 1.03 bits per heavy atom. The monoisotopic (exact) mass is 448 g/mol. The number of rotatable bonds is 4. The summed E-state index contributed by atoms with van der Waals surface area (Å²) in [6, 6.07) is 16.1. The number of carbonyl (C=O) groups is 1. The summed E-state index contributed by atoms with van der Waals surface area (Å²) in [5.41, 5.74) is 5.93. The SMILES string of the molecule is N#Cc1ccc(Cc2n[nH]c(=O)c3cc(-c4cc(C(F)(F)F)ccc4C(N)=O)ccc23)cc1. The van der Waals surface area contributed by atoms with Crippen LogP contribution in [0.1, 0.15) is 32.7 Å². The molecule has 0 saturated carbocycles. The number of primary amides is 1. The zero-order valence-electron chi connectivity index (χ0n) is 16.9. The number of amides is 1. The number of hydrogen-bond acceptors (Lipinski definition) is 4. The molecule has 0 spiro atoms. The van der Waals surface area contributed by atoms with Crippen molar-refractivity contribution < 1.29 is 18.0 Å². The number of alkyl halides is 3. The zero-order chi connectivity index (χ0) is 23.8. The van der Waals surface area contributed by atoms with Crippen molar-refractivity contribution in [3.8, 4) is 17.2 Å². The molecule has 0 radical (unpaired) electrons. The summed E-state index contributed by atoms with van der Waals surface area (Å²) in [7, 11) is 0. The van der Waals surface area contributed by atoms with Crippen molar-refractivity contribution >= 4 is 16.7 Å². The van der Waals surface area contributed by atoms with Gasteiger partial charge < -0.3 is 5.73 Å². The molecule has 33 heavy (non-hydrogen) atoms. The van der Waals surface area contributed by atoms with Gasteiger partial charge in [0.25, 0.3) is 5.56 Å². The second-order valence-electron chi connectivity index (χ2n) is 7.37. The molecule has 0 atom stereocenters. The highest BCUT2D eigenvalue weighted by Crippen LogP contribution is 2.35. The molecule has 164 valence electrons. The molecule has 1 amide bonds. The second kappa shape index (κ2) is 8.24. The molecule has 3 N–H and O–H groups in total. The minimum Gasteiger partial charge on any atom is -0.366 e. The Kier molecular flexibility index (Phi) is 5.44. The van der Waals surface area contributed by atoms with Gasteiger partial charge in [0.05, 0.1) is 28.3 Å². The predicted octanol–water partition coefficient (Wildman–Crippen LogP) is 4.17. The van der Waals surface area contributed by atoms with Crippen LogP contribution in [0.5, 0.6) is 0 Å². The Hall–Kier alpha value is -4.45. The fraction of sp³-hybridized carbons (Fsp3) is 0.0833. The number of aromatic amines is 1. The molecule has 0 aliphatic carbocycles. The summed E-state index contributed by atoms with van der Waals surface area (Å²) in [4.78, 5) is 24.3. The van der Waals surface area contributed by atoms with E-state index in [0.29, 0.717) is 23.1 Å². The summed E-state index contributed by atoms with van der Waals surface area (Å²) in [5, 5.41) is 16.2. The van der Waals surface area contributed by atoms with Gasteiger partial charge >= 0.3 is 6.18 Å². The van der Waals surface area contributed by atoms with Gasteiger partial charge in [-0.25, -0.2) is 5.10 Å². The lowest BCUT2D eigenvalue weighted by Crippen LogP contribution is -2.15. The molecule has 0 aliphatic heterocycles. The first kappa shape index (κ1) is 21.8. The van der Waals surface area contributed by atoms with Crippen LogP contribution in [0.3, 0.4) is 0 Å². The zero-order valence-corrected chi connectivity index (χ0v) is 16.9. The van der Waals surface area contributed by atoms with Crippen molar-refractivity contribution in [2.24, 2.45) is 5.73 Å². The van der Waals surface area contributed by atoms with Crippen LogP contribution in [0.15, 0.2) is 65.5 Å². The van der Waals surface area contributed by atoms with E-state index in [1.165, 1.54) is 12.1 Å². The highest BCUT2D eigenvalue weighted by atomic mass is 19.4. The van der Waals surface area contributed by atoms with Crippen LogP contribution in [-0.4, -0.2) is 16.1 Å². The summed E-state index contributed by atoms with van der Waals surface area (Å²) >= 11 is 0. The smallest absolute Gasteiger partial charge is 0.366 e. The fourth-order valence-corrected chi connectivity index (χ4v) is 3.59. The molecule has 4 aromatic rings. The van der Waals surface area contributed by atoms with Crippen molar-refractivity contribution in [1.82, 2.24) is 10.2 Å². The summed E-state index contributed by atoms with van der Waals surface area (Å²) < 4.78 is 39.7. The standard InChI is InChI=1S/C24H15F3N4O2/c25-24(26,27)16-6-8-18(22(29)32)19(11-16)15-5-7-17-20(10-15)23(33)31-30-21(17)9-13-1-3-14(12-28)4-2-13/h1-8,10-11H,9H2,(H2,29,32)(H,31,33). The Balaban J connectivity index is 1.84. The highest BCUT2D eigenvalue weighted by molar-refractivity contribution is 6.01. The predicted molar refractivity (Wildman–Crippen MR) is 115 cm³/mol. The third-order valence-electron chi connectivity index (χ3n) is 5.25. The van der Waals surface area contributed by atoms with E-state index in [4.69, 9.17) is 11.0 Å². The molecular formula is C24H15F3N4O2. The maximum absolute atomic E-state index is 13.2. The van der Waals surface area contributed by atoms with Gasteiger partial charge in [-0.05, 0) is 53.1 Å². The van der Waals surface area contributed by atoms with Gasteiger partial charge in [0, 0.05) is 17.4 Å². The highest BCUT2D eigenvalue weighted by Gasteiger charge is 2.31. The molecule has 0 fully saturated rings. The average molecular weight is 448 g/mol. The molecule has 0 unspecified atom stereocenters. The van der Waals surface area contributed by atoms with E-state index >= 15 is 0 Å². The first-order chi connectivity index (χ1) is 15.7. The Morgan fingerprint density at radius 3 is 2.39 bits per heavy atom. The molecule has 0 bridgehead atoms. The molecule has 0 saturated heterocycles. The number of H-pyrrole nitrogens is 1. The number of aromatic nitrogens is 2. The quantitative estimate of drug-likeness (QED) is 0.488. The van der Waals surface area contributed by atoms with Crippen molar-refractivity contribution in [2.45, 2.75) is 12.6 Å². The van der Waals surface area contributed by atoms with Crippen LogP contribution < -0.4 is 11.3 Å². The number of nitrogens with two attached hydrogens (primary N) is 1. The van der Waals surface area contributed by atoms with E-state index in [2.05, 4.69) is 10.2 Å². The van der Waals surface area contributed by atoms with Gasteiger partial charge in [0.1, 0.15) is 0 Å². The Labute approximate surface area is 185 Å². The van der Waals surface area contributed by atoms with Crippen LogP contribution in [0.25, 0.3) is 21.9 Å². The summed E-state index contributed by atoms with van der Waals surface area (Å²) in [6.45, 7) is 0. The van der Waals surface area contributed by atoms with Crippen LogP contribution in [0.2, 0.25) is 0 Å².